The zero-order valence-corrected chi connectivity index (χ0v) is 14.3. The van der Waals surface area contributed by atoms with Gasteiger partial charge < -0.3 is 10.2 Å². The number of carbonyl (C=O) groups excluding carboxylic acids is 1. The van der Waals surface area contributed by atoms with Gasteiger partial charge in [0.2, 0.25) is 0 Å². The molecular weight excluding hydrogens is 310 g/mol. The van der Waals surface area contributed by atoms with Crippen molar-refractivity contribution in [1.29, 1.82) is 0 Å². The average Bonchev–Trinajstić information content (AvgIpc) is 2.56. The third-order valence-corrected chi connectivity index (χ3v) is 3.90. The van der Waals surface area contributed by atoms with Gasteiger partial charge in [0.15, 0.2) is 0 Å². The number of benzene rings is 1. The highest BCUT2D eigenvalue weighted by Gasteiger charge is 2.13. The number of aromatic nitrogens is 1. The van der Waals surface area contributed by atoms with Gasteiger partial charge in [-0.05, 0) is 50.1 Å². The van der Waals surface area contributed by atoms with E-state index in [1.807, 2.05) is 38.1 Å². The topological polar surface area (TPSA) is 45.2 Å². The van der Waals surface area contributed by atoms with Crippen molar-refractivity contribution in [3.8, 4) is 0 Å². The molecule has 2 rings (SSSR count). The number of pyridine rings is 1. The van der Waals surface area contributed by atoms with Crippen molar-refractivity contribution >= 4 is 23.2 Å². The average molecular weight is 332 g/mol. The van der Waals surface area contributed by atoms with E-state index >= 15 is 0 Å². The van der Waals surface area contributed by atoms with E-state index in [2.05, 4.69) is 16.4 Å². The summed E-state index contributed by atoms with van der Waals surface area (Å²) < 4.78 is 0. The third-order valence-electron chi connectivity index (χ3n) is 3.66. The summed E-state index contributed by atoms with van der Waals surface area (Å²) in [6.45, 7) is 6.07. The van der Waals surface area contributed by atoms with Crippen LogP contribution >= 0.6 is 11.6 Å². The number of hydrogen-bond donors (Lipinski definition) is 1. The Morgan fingerprint density at radius 1 is 1.22 bits per heavy atom. The number of rotatable bonds is 7. The Bertz CT molecular complexity index is 656. The number of amides is 1. The molecule has 0 spiro atoms. The van der Waals surface area contributed by atoms with Gasteiger partial charge in [-0.15, -0.1) is 0 Å². The summed E-state index contributed by atoms with van der Waals surface area (Å²) in [6, 6.07) is 11.5. The molecular formula is C18H22ClN3O. The minimum atomic E-state index is -0.0338. The molecule has 122 valence electrons. The van der Waals surface area contributed by atoms with Gasteiger partial charge in [-0.2, -0.15) is 0 Å². The Hall–Kier alpha value is -2.07. The third kappa shape index (κ3) is 4.96. The normalized spacial score (nSPS) is 10.4. The smallest absolute Gasteiger partial charge is 0.272 e. The molecule has 0 fully saturated rings. The molecule has 0 atom stereocenters. The van der Waals surface area contributed by atoms with Crippen LogP contribution in [0.25, 0.3) is 0 Å². The zero-order valence-electron chi connectivity index (χ0n) is 13.6. The van der Waals surface area contributed by atoms with Crippen molar-refractivity contribution < 1.29 is 4.79 Å². The van der Waals surface area contributed by atoms with Crippen molar-refractivity contribution in [3.63, 3.8) is 0 Å². The molecule has 1 heterocycles. The van der Waals surface area contributed by atoms with Crippen LogP contribution in [0.15, 0.2) is 42.6 Å². The Labute approximate surface area is 142 Å². The molecule has 1 amide bonds. The molecule has 1 aromatic heterocycles. The van der Waals surface area contributed by atoms with Crippen LogP contribution in [0.5, 0.6) is 0 Å². The molecule has 0 aliphatic rings. The molecule has 0 bridgehead atoms. The summed E-state index contributed by atoms with van der Waals surface area (Å²) in [6.07, 6.45) is 2.53. The Kier molecular flexibility index (Phi) is 6.41. The minimum absolute atomic E-state index is 0.0338. The summed E-state index contributed by atoms with van der Waals surface area (Å²) in [5, 5.41) is 4.08. The highest BCUT2D eigenvalue weighted by Crippen LogP contribution is 2.13. The maximum absolute atomic E-state index is 12.3. The quantitative estimate of drug-likeness (QED) is 0.837. The lowest BCUT2D eigenvalue weighted by Crippen LogP contribution is -2.31. The van der Waals surface area contributed by atoms with Gasteiger partial charge in [-0.3, -0.25) is 9.78 Å². The number of nitrogens with one attached hydrogen (secondary N) is 1. The van der Waals surface area contributed by atoms with E-state index in [4.69, 9.17) is 11.6 Å². The van der Waals surface area contributed by atoms with E-state index < -0.39 is 0 Å². The van der Waals surface area contributed by atoms with E-state index in [-0.39, 0.29) is 5.91 Å². The molecule has 0 aliphatic carbocycles. The lowest BCUT2D eigenvalue weighted by molar-refractivity contribution is 0.0767. The molecule has 4 nitrogen and oxygen atoms in total. The standard InChI is InChI=1S/C18H22ClN3O/c1-3-22(4-2)18(23)17-13-16(9-11-21-17)20-10-8-14-6-5-7-15(19)12-14/h5-7,9,11-13H,3-4,8,10H2,1-2H3,(H,20,21). The van der Waals surface area contributed by atoms with Crippen molar-refractivity contribution in [2.45, 2.75) is 20.3 Å². The maximum Gasteiger partial charge on any atom is 0.272 e. The first-order valence-electron chi connectivity index (χ1n) is 7.87. The van der Waals surface area contributed by atoms with Crippen LogP contribution in [-0.4, -0.2) is 35.4 Å². The fourth-order valence-corrected chi connectivity index (χ4v) is 2.59. The highest BCUT2D eigenvalue weighted by atomic mass is 35.5. The van der Waals surface area contributed by atoms with Gasteiger partial charge >= 0.3 is 0 Å². The van der Waals surface area contributed by atoms with Gasteiger partial charge in [-0.25, -0.2) is 0 Å². The SMILES string of the molecule is CCN(CC)C(=O)c1cc(NCCc2cccc(Cl)c2)ccn1. The molecule has 1 N–H and O–H groups in total. The van der Waals surface area contributed by atoms with E-state index in [1.54, 1.807) is 17.2 Å². The number of hydrogen-bond acceptors (Lipinski definition) is 3. The summed E-state index contributed by atoms with van der Waals surface area (Å²) in [5.74, 6) is -0.0338. The van der Waals surface area contributed by atoms with Crippen LogP contribution < -0.4 is 5.32 Å². The minimum Gasteiger partial charge on any atom is -0.385 e. The molecule has 0 unspecified atom stereocenters. The summed E-state index contributed by atoms with van der Waals surface area (Å²) >= 11 is 5.98. The fourth-order valence-electron chi connectivity index (χ4n) is 2.37. The molecule has 0 aliphatic heterocycles. The predicted molar refractivity (Wildman–Crippen MR) is 95.1 cm³/mol. The molecule has 1 aromatic carbocycles. The first-order chi connectivity index (χ1) is 11.1. The zero-order chi connectivity index (χ0) is 16.7. The van der Waals surface area contributed by atoms with Gasteiger partial charge in [0.25, 0.3) is 5.91 Å². The van der Waals surface area contributed by atoms with E-state index in [9.17, 15) is 4.79 Å². The van der Waals surface area contributed by atoms with Crippen LogP contribution in [0, 0.1) is 0 Å². The van der Waals surface area contributed by atoms with E-state index in [0.29, 0.717) is 18.8 Å². The molecule has 0 saturated heterocycles. The van der Waals surface area contributed by atoms with Crippen LogP contribution in [0.4, 0.5) is 5.69 Å². The van der Waals surface area contributed by atoms with Crippen LogP contribution in [0.2, 0.25) is 5.02 Å². The molecule has 0 radical (unpaired) electrons. The fraction of sp³-hybridized carbons (Fsp3) is 0.333. The van der Waals surface area contributed by atoms with Crippen molar-refractivity contribution in [3.05, 3.63) is 58.9 Å². The van der Waals surface area contributed by atoms with E-state index in [0.717, 1.165) is 23.7 Å². The summed E-state index contributed by atoms with van der Waals surface area (Å²) in [5.41, 5.74) is 2.55. The van der Waals surface area contributed by atoms with Crippen LogP contribution in [-0.2, 0) is 6.42 Å². The number of nitrogens with zero attached hydrogens (tertiary/aromatic N) is 2. The second-order valence-electron chi connectivity index (χ2n) is 5.21. The maximum atomic E-state index is 12.3. The van der Waals surface area contributed by atoms with Gasteiger partial charge in [0.1, 0.15) is 5.69 Å². The summed E-state index contributed by atoms with van der Waals surface area (Å²) in [4.78, 5) is 18.3. The number of anilines is 1. The Balaban J connectivity index is 1.96. The lowest BCUT2D eigenvalue weighted by Gasteiger charge is -2.18. The van der Waals surface area contributed by atoms with Gasteiger partial charge in [0, 0.05) is 36.5 Å². The Morgan fingerprint density at radius 3 is 2.70 bits per heavy atom. The highest BCUT2D eigenvalue weighted by molar-refractivity contribution is 6.30. The van der Waals surface area contributed by atoms with Gasteiger partial charge in [0.05, 0.1) is 0 Å². The van der Waals surface area contributed by atoms with Gasteiger partial charge in [-0.1, -0.05) is 23.7 Å². The second-order valence-corrected chi connectivity index (χ2v) is 5.65. The Morgan fingerprint density at radius 2 is 2.00 bits per heavy atom. The van der Waals surface area contributed by atoms with E-state index in [1.165, 1.54) is 5.56 Å². The molecule has 0 saturated carbocycles. The monoisotopic (exact) mass is 331 g/mol. The first kappa shape index (κ1) is 17.3. The lowest BCUT2D eigenvalue weighted by atomic mass is 10.1. The van der Waals surface area contributed by atoms with Crippen molar-refractivity contribution in [2.75, 3.05) is 25.0 Å². The van der Waals surface area contributed by atoms with Crippen LogP contribution in [0.3, 0.4) is 0 Å². The summed E-state index contributed by atoms with van der Waals surface area (Å²) in [7, 11) is 0. The second kappa shape index (κ2) is 8.53. The molecule has 2 aromatic rings. The number of carbonyl (C=O) groups is 1. The first-order valence-corrected chi connectivity index (χ1v) is 8.25. The number of halogens is 1. The molecule has 23 heavy (non-hydrogen) atoms. The van der Waals surface area contributed by atoms with Crippen molar-refractivity contribution in [2.24, 2.45) is 0 Å². The van der Waals surface area contributed by atoms with Crippen LogP contribution in [0.1, 0.15) is 29.9 Å². The van der Waals surface area contributed by atoms with Crippen molar-refractivity contribution in [1.82, 2.24) is 9.88 Å². The molecule has 5 heteroatoms. The predicted octanol–water partition coefficient (Wildman–Crippen LogP) is 3.87. The largest absolute Gasteiger partial charge is 0.385 e.